The zero-order chi connectivity index (χ0) is 15.2. The average molecular weight is 303 g/mol. The van der Waals surface area contributed by atoms with Crippen molar-refractivity contribution < 1.29 is 0 Å². The molecule has 0 bridgehead atoms. The lowest BCUT2D eigenvalue weighted by Crippen LogP contribution is -2.23. The summed E-state index contributed by atoms with van der Waals surface area (Å²) in [6.45, 7) is 3.17. The Labute approximate surface area is 132 Å². The highest BCUT2D eigenvalue weighted by atomic mass is 35.5. The molecule has 0 fully saturated rings. The number of halogens is 1. The van der Waals surface area contributed by atoms with E-state index >= 15 is 0 Å². The molecule has 2 nitrogen and oxygen atoms in total. The maximum atomic E-state index is 6.01. The van der Waals surface area contributed by atoms with Crippen molar-refractivity contribution in [2.45, 2.75) is 19.4 Å². The highest BCUT2D eigenvalue weighted by Gasteiger charge is 2.14. The molecular formula is C18H23ClN2. The minimum atomic E-state index is 0.196. The summed E-state index contributed by atoms with van der Waals surface area (Å²) in [7, 11) is 4.13. The second-order valence-electron chi connectivity index (χ2n) is 5.43. The van der Waals surface area contributed by atoms with Crippen LogP contribution in [0.3, 0.4) is 0 Å². The fourth-order valence-electron chi connectivity index (χ4n) is 2.35. The summed E-state index contributed by atoms with van der Waals surface area (Å²) in [5.74, 6) is 0. The van der Waals surface area contributed by atoms with Crippen molar-refractivity contribution in [1.82, 2.24) is 5.32 Å². The first-order valence-corrected chi connectivity index (χ1v) is 7.75. The quantitative estimate of drug-likeness (QED) is 0.845. The van der Waals surface area contributed by atoms with Crippen molar-refractivity contribution in [3.63, 3.8) is 0 Å². The molecule has 2 rings (SSSR count). The SMILES string of the molecule is CCCNC(c1ccc(Cl)cc1)c1cccc(N(C)C)c1. The van der Waals surface area contributed by atoms with E-state index < -0.39 is 0 Å². The van der Waals surface area contributed by atoms with Crippen molar-refractivity contribution in [1.29, 1.82) is 0 Å². The third kappa shape index (κ3) is 4.23. The van der Waals surface area contributed by atoms with Crippen LogP contribution in [0.1, 0.15) is 30.5 Å². The molecular weight excluding hydrogens is 280 g/mol. The third-order valence-electron chi connectivity index (χ3n) is 3.52. The molecule has 0 aliphatic rings. The number of hydrogen-bond donors (Lipinski definition) is 1. The summed E-state index contributed by atoms with van der Waals surface area (Å²) in [6.07, 6.45) is 1.11. The van der Waals surface area contributed by atoms with E-state index in [9.17, 15) is 0 Å². The Bertz CT molecular complexity index is 564. The van der Waals surface area contributed by atoms with Gasteiger partial charge in [-0.1, -0.05) is 42.8 Å². The van der Waals surface area contributed by atoms with Crippen molar-refractivity contribution >= 4 is 17.3 Å². The molecule has 0 heterocycles. The van der Waals surface area contributed by atoms with Gasteiger partial charge in [-0.25, -0.2) is 0 Å². The Hall–Kier alpha value is -1.51. The van der Waals surface area contributed by atoms with E-state index in [4.69, 9.17) is 11.6 Å². The predicted molar refractivity (Wildman–Crippen MR) is 92.4 cm³/mol. The fraction of sp³-hybridized carbons (Fsp3) is 0.333. The summed E-state index contributed by atoms with van der Waals surface area (Å²) in [5.41, 5.74) is 3.73. The van der Waals surface area contributed by atoms with E-state index in [0.29, 0.717) is 0 Å². The van der Waals surface area contributed by atoms with Gasteiger partial charge in [-0.05, 0) is 48.4 Å². The van der Waals surface area contributed by atoms with Crippen LogP contribution in [0, 0.1) is 0 Å². The van der Waals surface area contributed by atoms with Crippen molar-refractivity contribution in [3.05, 3.63) is 64.7 Å². The molecule has 2 aromatic rings. The molecule has 21 heavy (non-hydrogen) atoms. The van der Waals surface area contributed by atoms with E-state index in [1.807, 2.05) is 12.1 Å². The zero-order valence-electron chi connectivity index (χ0n) is 12.9. The molecule has 1 N–H and O–H groups in total. The molecule has 0 saturated heterocycles. The molecule has 0 spiro atoms. The van der Waals surface area contributed by atoms with E-state index in [-0.39, 0.29) is 6.04 Å². The van der Waals surface area contributed by atoms with Gasteiger partial charge in [-0.3, -0.25) is 0 Å². The molecule has 0 aliphatic heterocycles. The van der Waals surface area contributed by atoms with E-state index in [2.05, 4.69) is 67.6 Å². The highest BCUT2D eigenvalue weighted by molar-refractivity contribution is 6.30. The number of nitrogens with zero attached hydrogens (tertiary/aromatic N) is 1. The lowest BCUT2D eigenvalue weighted by Gasteiger charge is -2.22. The van der Waals surface area contributed by atoms with E-state index in [1.165, 1.54) is 16.8 Å². The lowest BCUT2D eigenvalue weighted by molar-refractivity contribution is 0.598. The van der Waals surface area contributed by atoms with Crippen LogP contribution in [0.5, 0.6) is 0 Å². The van der Waals surface area contributed by atoms with Crippen LogP contribution in [0.4, 0.5) is 5.69 Å². The number of benzene rings is 2. The second kappa shape index (κ2) is 7.48. The van der Waals surface area contributed by atoms with Crippen molar-refractivity contribution in [2.75, 3.05) is 25.5 Å². The van der Waals surface area contributed by atoms with Gasteiger partial charge < -0.3 is 10.2 Å². The van der Waals surface area contributed by atoms with Gasteiger partial charge in [0.1, 0.15) is 0 Å². The van der Waals surface area contributed by atoms with Gasteiger partial charge in [-0.2, -0.15) is 0 Å². The van der Waals surface area contributed by atoms with Crippen LogP contribution in [0.15, 0.2) is 48.5 Å². The molecule has 1 unspecified atom stereocenters. The summed E-state index contributed by atoms with van der Waals surface area (Å²) in [6, 6.07) is 16.9. The van der Waals surface area contributed by atoms with Gasteiger partial charge in [0.15, 0.2) is 0 Å². The lowest BCUT2D eigenvalue weighted by atomic mass is 9.98. The summed E-state index contributed by atoms with van der Waals surface area (Å²) in [4.78, 5) is 2.13. The maximum absolute atomic E-state index is 6.01. The Morgan fingerprint density at radius 2 is 1.76 bits per heavy atom. The zero-order valence-corrected chi connectivity index (χ0v) is 13.7. The number of nitrogens with one attached hydrogen (secondary N) is 1. The average Bonchev–Trinajstić information content (AvgIpc) is 2.49. The molecule has 112 valence electrons. The first-order chi connectivity index (χ1) is 10.1. The maximum Gasteiger partial charge on any atom is 0.0577 e. The minimum absolute atomic E-state index is 0.196. The predicted octanol–water partition coefficient (Wildman–Crippen LogP) is 4.50. The van der Waals surface area contributed by atoms with Gasteiger partial charge in [0.05, 0.1) is 6.04 Å². The standard InChI is InChI=1S/C18H23ClN2/c1-4-12-20-18(14-8-10-16(19)11-9-14)15-6-5-7-17(13-15)21(2)3/h5-11,13,18,20H,4,12H2,1-3H3. The van der Waals surface area contributed by atoms with Crippen LogP contribution in [-0.2, 0) is 0 Å². The fourth-order valence-corrected chi connectivity index (χ4v) is 2.48. The van der Waals surface area contributed by atoms with Crippen molar-refractivity contribution in [3.8, 4) is 0 Å². The van der Waals surface area contributed by atoms with E-state index in [1.54, 1.807) is 0 Å². The molecule has 1 atom stereocenters. The van der Waals surface area contributed by atoms with Crippen LogP contribution >= 0.6 is 11.6 Å². The van der Waals surface area contributed by atoms with Gasteiger partial charge in [0.25, 0.3) is 0 Å². The molecule has 3 heteroatoms. The summed E-state index contributed by atoms with van der Waals surface area (Å²) in [5, 5.41) is 4.40. The minimum Gasteiger partial charge on any atom is -0.378 e. The normalized spacial score (nSPS) is 12.2. The Balaban J connectivity index is 2.35. The van der Waals surface area contributed by atoms with Gasteiger partial charge in [-0.15, -0.1) is 0 Å². The first kappa shape index (κ1) is 15.9. The first-order valence-electron chi connectivity index (χ1n) is 7.38. The second-order valence-corrected chi connectivity index (χ2v) is 5.86. The Morgan fingerprint density at radius 1 is 1.05 bits per heavy atom. The summed E-state index contributed by atoms with van der Waals surface area (Å²) >= 11 is 6.01. The van der Waals surface area contributed by atoms with Crippen LogP contribution in [-0.4, -0.2) is 20.6 Å². The Kier molecular flexibility index (Phi) is 5.66. The van der Waals surface area contributed by atoms with Crippen LogP contribution < -0.4 is 10.2 Å². The molecule has 2 aromatic carbocycles. The third-order valence-corrected chi connectivity index (χ3v) is 3.77. The number of hydrogen-bond acceptors (Lipinski definition) is 2. The largest absolute Gasteiger partial charge is 0.378 e. The van der Waals surface area contributed by atoms with E-state index in [0.717, 1.165) is 18.0 Å². The highest BCUT2D eigenvalue weighted by Crippen LogP contribution is 2.26. The van der Waals surface area contributed by atoms with Gasteiger partial charge >= 0.3 is 0 Å². The topological polar surface area (TPSA) is 15.3 Å². The Morgan fingerprint density at radius 3 is 2.38 bits per heavy atom. The molecule has 0 aromatic heterocycles. The molecule has 0 amide bonds. The van der Waals surface area contributed by atoms with Crippen LogP contribution in [0.25, 0.3) is 0 Å². The smallest absolute Gasteiger partial charge is 0.0577 e. The van der Waals surface area contributed by atoms with Crippen molar-refractivity contribution in [2.24, 2.45) is 0 Å². The molecule has 0 saturated carbocycles. The molecule has 0 radical (unpaired) electrons. The molecule has 0 aliphatic carbocycles. The summed E-state index contributed by atoms with van der Waals surface area (Å²) < 4.78 is 0. The van der Waals surface area contributed by atoms with Gasteiger partial charge in [0.2, 0.25) is 0 Å². The van der Waals surface area contributed by atoms with Crippen LogP contribution in [0.2, 0.25) is 5.02 Å². The monoisotopic (exact) mass is 302 g/mol. The van der Waals surface area contributed by atoms with Gasteiger partial charge in [0, 0.05) is 24.8 Å². The number of rotatable bonds is 6. The number of anilines is 1.